The summed E-state index contributed by atoms with van der Waals surface area (Å²) in [5, 5.41) is 0.608. The summed E-state index contributed by atoms with van der Waals surface area (Å²) in [4.78, 5) is 6.59. The lowest BCUT2D eigenvalue weighted by molar-refractivity contribution is 0.342. The number of aromatic nitrogens is 1. The van der Waals surface area contributed by atoms with Crippen molar-refractivity contribution in [3.8, 4) is 0 Å². The number of halogens is 1. The first kappa shape index (κ1) is 10.4. The zero-order valence-electron chi connectivity index (χ0n) is 9.40. The van der Waals surface area contributed by atoms with Gasteiger partial charge < -0.3 is 4.90 Å². The molecule has 1 saturated heterocycles. The molecule has 2 fully saturated rings. The van der Waals surface area contributed by atoms with E-state index in [1.165, 1.54) is 44.3 Å². The molecule has 1 aliphatic heterocycles. The van der Waals surface area contributed by atoms with Crippen molar-refractivity contribution in [2.24, 2.45) is 5.92 Å². The van der Waals surface area contributed by atoms with E-state index in [1.54, 1.807) is 0 Å². The lowest BCUT2D eigenvalue weighted by Crippen LogP contribution is -2.34. The molecule has 0 N–H and O–H groups in total. The molecule has 2 atom stereocenters. The highest BCUT2D eigenvalue weighted by Gasteiger charge is 2.35. The molecular formula is C13H17ClN2. The van der Waals surface area contributed by atoms with E-state index in [4.69, 9.17) is 11.6 Å². The number of fused-ring (bicyclic) bond motifs is 1. The highest BCUT2D eigenvalue weighted by atomic mass is 35.5. The minimum Gasteiger partial charge on any atom is -0.368 e. The van der Waals surface area contributed by atoms with E-state index in [0.717, 1.165) is 12.0 Å². The Bertz CT molecular complexity index is 380. The van der Waals surface area contributed by atoms with E-state index in [1.807, 2.05) is 12.3 Å². The molecule has 3 rings (SSSR count). The molecule has 0 aromatic carbocycles. The van der Waals surface area contributed by atoms with Crippen LogP contribution in [0.3, 0.4) is 0 Å². The molecule has 2 nitrogen and oxygen atoms in total. The van der Waals surface area contributed by atoms with Crippen LogP contribution in [0, 0.1) is 5.92 Å². The predicted molar refractivity (Wildman–Crippen MR) is 67.0 cm³/mol. The Kier molecular flexibility index (Phi) is 2.76. The molecule has 0 spiro atoms. The first-order valence-electron chi connectivity index (χ1n) is 6.23. The number of hydrogen-bond donors (Lipinski definition) is 0. The summed E-state index contributed by atoms with van der Waals surface area (Å²) in [6.07, 6.45) is 8.74. The van der Waals surface area contributed by atoms with Crippen LogP contribution in [0.25, 0.3) is 0 Å². The average molecular weight is 237 g/mol. The van der Waals surface area contributed by atoms with Crippen LogP contribution in [0.2, 0.25) is 5.15 Å². The maximum atomic E-state index is 5.96. The van der Waals surface area contributed by atoms with E-state index in [0.29, 0.717) is 5.15 Å². The molecule has 0 bridgehead atoms. The van der Waals surface area contributed by atoms with Crippen LogP contribution in [0.5, 0.6) is 0 Å². The van der Waals surface area contributed by atoms with Crippen LogP contribution in [0.4, 0.5) is 5.69 Å². The molecule has 2 heterocycles. The second-order valence-electron chi connectivity index (χ2n) is 4.93. The predicted octanol–water partition coefficient (Wildman–Crippen LogP) is 3.50. The Labute approximate surface area is 102 Å². The van der Waals surface area contributed by atoms with Crippen molar-refractivity contribution in [1.82, 2.24) is 4.98 Å². The van der Waals surface area contributed by atoms with Gasteiger partial charge in [-0.05, 0) is 37.3 Å². The van der Waals surface area contributed by atoms with Gasteiger partial charge in [0.25, 0.3) is 0 Å². The number of rotatable bonds is 1. The van der Waals surface area contributed by atoms with Crippen molar-refractivity contribution >= 4 is 17.3 Å². The smallest absolute Gasteiger partial charge is 0.131 e. The summed E-state index contributed by atoms with van der Waals surface area (Å²) >= 11 is 5.96. The van der Waals surface area contributed by atoms with Crippen LogP contribution in [0.1, 0.15) is 32.1 Å². The minimum atomic E-state index is 0.608. The standard InChI is InChI=1S/C13H17ClN2/c14-13-9-11(5-7-15-13)16-8-6-10-3-1-2-4-12(10)16/h5,7,9-10,12H,1-4,6,8H2. The molecule has 2 aliphatic rings. The first-order chi connectivity index (χ1) is 7.84. The van der Waals surface area contributed by atoms with E-state index >= 15 is 0 Å². The molecule has 0 amide bonds. The fraction of sp³-hybridized carbons (Fsp3) is 0.615. The maximum Gasteiger partial charge on any atom is 0.131 e. The lowest BCUT2D eigenvalue weighted by Gasteiger charge is -2.33. The molecule has 86 valence electrons. The van der Waals surface area contributed by atoms with Gasteiger partial charge in [-0.1, -0.05) is 24.4 Å². The van der Waals surface area contributed by atoms with Gasteiger partial charge in [-0.2, -0.15) is 0 Å². The van der Waals surface area contributed by atoms with Crippen molar-refractivity contribution in [2.45, 2.75) is 38.1 Å². The van der Waals surface area contributed by atoms with Gasteiger partial charge in [0.1, 0.15) is 5.15 Å². The summed E-state index contributed by atoms with van der Waals surface area (Å²) in [6.45, 7) is 1.19. The fourth-order valence-corrected chi connectivity index (χ4v) is 3.47. The second kappa shape index (κ2) is 4.25. The summed E-state index contributed by atoms with van der Waals surface area (Å²) in [5.74, 6) is 0.917. The summed E-state index contributed by atoms with van der Waals surface area (Å²) in [6, 6.07) is 4.84. The van der Waals surface area contributed by atoms with Gasteiger partial charge in [0, 0.05) is 24.5 Å². The molecule has 1 saturated carbocycles. The van der Waals surface area contributed by atoms with Crippen LogP contribution in [0.15, 0.2) is 18.3 Å². The van der Waals surface area contributed by atoms with E-state index < -0.39 is 0 Å². The van der Waals surface area contributed by atoms with Gasteiger partial charge in [-0.15, -0.1) is 0 Å². The van der Waals surface area contributed by atoms with Crippen molar-refractivity contribution in [1.29, 1.82) is 0 Å². The second-order valence-corrected chi connectivity index (χ2v) is 5.32. The van der Waals surface area contributed by atoms with Crippen molar-refractivity contribution in [2.75, 3.05) is 11.4 Å². The Hall–Kier alpha value is -0.760. The molecule has 3 heteroatoms. The zero-order valence-corrected chi connectivity index (χ0v) is 10.2. The van der Waals surface area contributed by atoms with Gasteiger partial charge in [0.15, 0.2) is 0 Å². The highest BCUT2D eigenvalue weighted by molar-refractivity contribution is 6.29. The number of hydrogen-bond acceptors (Lipinski definition) is 2. The Morgan fingerprint density at radius 3 is 3.00 bits per heavy atom. The van der Waals surface area contributed by atoms with Gasteiger partial charge in [0.05, 0.1) is 0 Å². The summed E-state index contributed by atoms with van der Waals surface area (Å²) < 4.78 is 0. The number of nitrogens with zero attached hydrogens (tertiary/aromatic N) is 2. The van der Waals surface area contributed by atoms with Gasteiger partial charge in [-0.3, -0.25) is 0 Å². The molecule has 2 unspecified atom stereocenters. The van der Waals surface area contributed by atoms with E-state index in [9.17, 15) is 0 Å². The first-order valence-corrected chi connectivity index (χ1v) is 6.60. The van der Waals surface area contributed by atoms with Gasteiger partial charge in [-0.25, -0.2) is 4.98 Å². The summed E-state index contributed by atoms with van der Waals surface area (Å²) in [7, 11) is 0. The number of pyridine rings is 1. The molecule has 1 aliphatic carbocycles. The highest BCUT2D eigenvalue weighted by Crippen LogP contribution is 2.38. The van der Waals surface area contributed by atoms with Crippen LogP contribution in [-0.2, 0) is 0 Å². The zero-order chi connectivity index (χ0) is 11.0. The third-order valence-corrected chi connectivity index (χ3v) is 4.26. The van der Waals surface area contributed by atoms with Crippen molar-refractivity contribution < 1.29 is 0 Å². The molecule has 16 heavy (non-hydrogen) atoms. The molecular weight excluding hydrogens is 220 g/mol. The molecule has 1 aromatic rings. The van der Waals surface area contributed by atoms with Crippen molar-refractivity contribution in [3.05, 3.63) is 23.5 Å². The largest absolute Gasteiger partial charge is 0.368 e. The van der Waals surface area contributed by atoms with Crippen LogP contribution in [-0.4, -0.2) is 17.6 Å². The molecule has 0 radical (unpaired) electrons. The SMILES string of the molecule is Clc1cc(N2CCC3CCCCC32)ccn1. The van der Waals surface area contributed by atoms with Gasteiger partial charge in [0.2, 0.25) is 0 Å². The lowest BCUT2D eigenvalue weighted by atomic mass is 9.85. The van der Waals surface area contributed by atoms with Gasteiger partial charge >= 0.3 is 0 Å². The Morgan fingerprint density at radius 1 is 1.25 bits per heavy atom. The average Bonchev–Trinajstić information content (AvgIpc) is 2.72. The monoisotopic (exact) mass is 236 g/mol. The van der Waals surface area contributed by atoms with E-state index in [2.05, 4.69) is 16.0 Å². The Morgan fingerprint density at radius 2 is 2.12 bits per heavy atom. The van der Waals surface area contributed by atoms with Crippen LogP contribution < -0.4 is 4.90 Å². The Balaban J connectivity index is 1.85. The fourth-order valence-electron chi connectivity index (χ4n) is 3.30. The minimum absolute atomic E-state index is 0.608. The number of anilines is 1. The third-order valence-electron chi connectivity index (χ3n) is 4.05. The maximum absolute atomic E-state index is 5.96. The van der Waals surface area contributed by atoms with Crippen molar-refractivity contribution in [3.63, 3.8) is 0 Å². The topological polar surface area (TPSA) is 16.1 Å². The third kappa shape index (κ3) is 1.80. The van der Waals surface area contributed by atoms with E-state index in [-0.39, 0.29) is 0 Å². The molecule has 1 aromatic heterocycles. The quantitative estimate of drug-likeness (QED) is 0.694. The van der Waals surface area contributed by atoms with Crippen LogP contribution >= 0.6 is 11.6 Å². The summed E-state index contributed by atoms with van der Waals surface area (Å²) in [5.41, 5.74) is 1.26. The normalized spacial score (nSPS) is 29.2.